The van der Waals surface area contributed by atoms with Crippen molar-refractivity contribution < 1.29 is 14.3 Å². The lowest BCUT2D eigenvalue weighted by molar-refractivity contribution is -0.129. The highest BCUT2D eigenvalue weighted by molar-refractivity contribution is 9.10. The number of carbonyl (C=O) groups excluding carboxylic acids is 2. The second-order valence-corrected chi connectivity index (χ2v) is 7.19. The molecule has 0 aromatic heterocycles. The first-order valence-corrected chi connectivity index (χ1v) is 9.58. The van der Waals surface area contributed by atoms with Crippen LogP contribution in [0.1, 0.15) is 18.0 Å². The number of carbonyl (C=O) groups is 2. The van der Waals surface area contributed by atoms with E-state index in [-0.39, 0.29) is 24.4 Å². The molecule has 1 fully saturated rings. The molecule has 0 bridgehead atoms. The summed E-state index contributed by atoms with van der Waals surface area (Å²) in [6.45, 7) is -0.00147. The van der Waals surface area contributed by atoms with Gasteiger partial charge in [-0.15, -0.1) is 0 Å². The molecule has 2 aromatic rings. The molecule has 2 atom stereocenters. The van der Waals surface area contributed by atoms with Gasteiger partial charge in [-0.05, 0) is 36.2 Å². The number of para-hydroxylation sites is 2. The molecule has 1 aliphatic rings. The first kappa shape index (κ1) is 20.1. The Hall–Kier alpha value is -2.62. The lowest BCUT2D eigenvalue weighted by atomic mass is 10.0. The van der Waals surface area contributed by atoms with Crippen LogP contribution in [0.15, 0.2) is 53.0 Å². The van der Waals surface area contributed by atoms with Gasteiger partial charge in [0.1, 0.15) is 11.8 Å². The summed E-state index contributed by atoms with van der Waals surface area (Å²) in [4.78, 5) is 24.3. The number of hydrogen-bond donors (Lipinski definition) is 5. The highest BCUT2D eigenvalue weighted by atomic mass is 79.9. The average Bonchev–Trinajstić information content (AvgIpc) is 3.21. The Morgan fingerprint density at radius 3 is 2.61 bits per heavy atom. The van der Waals surface area contributed by atoms with Crippen molar-refractivity contribution in [2.24, 2.45) is 0 Å². The van der Waals surface area contributed by atoms with Gasteiger partial charge in [0.15, 0.2) is 0 Å². The Morgan fingerprint density at radius 2 is 1.86 bits per heavy atom. The van der Waals surface area contributed by atoms with E-state index in [4.69, 9.17) is 4.74 Å². The molecule has 2 aromatic carbocycles. The van der Waals surface area contributed by atoms with E-state index in [2.05, 4.69) is 42.9 Å². The molecule has 2 amide bonds. The number of halogens is 1. The van der Waals surface area contributed by atoms with Crippen LogP contribution in [-0.4, -0.2) is 31.5 Å². The van der Waals surface area contributed by atoms with Crippen LogP contribution in [0, 0.1) is 0 Å². The lowest BCUT2D eigenvalue weighted by Crippen LogP contribution is -2.51. The maximum atomic E-state index is 12.3. The van der Waals surface area contributed by atoms with Crippen LogP contribution < -0.4 is 31.8 Å². The smallest absolute Gasteiger partial charge is 0.257 e. The Labute approximate surface area is 171 Å². The third-order valence-corrected chi connectivity index (χ3v) is 4.89. The number of methoxy groups -OCH3 is 1. The second-order valence-electron chi connectivity index (χ2n) is 6.27. The highest BCUT2D eigenvalue weighted by Gasteiger charge is 2.30. The third kappa shape index (κ3) is 5.22. The molecule has 0 saturated carbocycles. The summed E-state index contributed by atoms with van der Waals surface area (Å²) in [7, 11) is 1.56. The molecule has 1 aliphatic heterocycles. The van der Waals surface area contributed by atoms with Gasteiger partial charge in [0.05, 0.1) is 19.3 Å². The van der Waals surface area contributed by atoms with E-state index in [1.807, 2.05) is 36.4 Å². The van der Waals surface area contributed by atoms with Crippen LogP contribution in [0.3, 0.4) is 0 Å². The Kier molecular flexibility index (Phi) is 6.85. The van der Waals surface area contributed by atoms with Crippen LogP contribution >= 0.6 is 15.9 Å². The normalized spacial score (nSPS) is 18.4. The molecule has 28 heavy (non-hydrogen) atoms. The molecule has 1 saturated heterocycles. The summed E-state index contributed by atoms with van der Waals surface area (Å²) >= 11 is 3.41. The molecule has 8 nitrogen and oxygen atoms in total. The highest BCUT2D eigenvalue weighted by Crippen LogP contribution is 2.24. The third-order valence-electron chi connectivity index (χ3n) is 4.36. The number of anilines is 1. The summed E-state index contributed by atoms with van der Waals surface area (Å²) in [5.74, 6) is -0.0352. The van der Waals surface area contributed by atoms with E-state index in [0.29, 0.717) is 17.9 Å². The van der Waals surface area contributed by atoms with Crippen molar-refractivity contribution in [1.29, 1.82) is 0 Å². The predicted octanol–water partition coefficient (Wildman–Crippen LogP) is 1.62. The van der Waals surface area contributed by atoms with Gasteiger partial charge in [-0.1, -0.05) is 40.2 Å². The molecule has 148 valence electrons. The zero-order valence-electron chi connectivity index (χ0n) is 15.3. The molecule has 2 unspecified atom stereocenters. The summed E-state index contributed by atoms with van der Waals surface area (Å²) in [6, 6.07) is 14.8. The van der Waals surface area contributed by atoms with E-state index in [1.54, 1.807) is 19.2 Å². The second kappa shape index (κ2) is 9.54. The topological polar surface area (TPSA) is 104 Å². The lowest BCUT2D eigenvalue weighted by Gasteiger charge is -2.13. The van der Waals surface area contributed by atoms with Gasteiger partial charge in [-0.3, -0.25) is 20.4 Å². The van der Waals surface area contributed by atoms with Crippen molar-refractivity contribution >= 4 is 33.4 Å². The van der Waals surface area contributed by atoms with Gasteiger partial charge in [0.2, 0.25) is 0 Å². The molecule has 0 radical (unpaired) electrons. The summed E-state index contributed by atoms with van der Waals surface area (Å²) in [5, 5.41) is 2.97. The maximum absolute atomic E-state index is 12.3. The number of ether oxygens (including phenoxy) is 1. The van der Waals surface area contributed by atoms with Gasteiger partial charge >= 0.3 is 0 Å². The number of rotatable bonds is 6. The van der Waals surface area contributed by atoms with Crippen LogP contribution in [0.2, 0.25) is 0 Å². The van der Waals surface area contributed by atoms with E-state index in [9.17, 15) is 9.59 Å². The number of hydrazine groups is 2. The molecule has 5 N–H and O–H groups in total. The van der Waals surface area contributed by atoms with Crippen molar-refractivity contribution in [3.8, 4) is 5.75 Å². The molecular formula is C19H22BrN5O3. The fourth-order valence-electron chi connectivity index (χ4n) is 2.87. The van der Waals surface area contributed by atoms with Crippen LogP contribution in [-0.2, 0) is 9.59 Å². The Morgan fingerprint density at radius 1 is 1.11 bits per heavy atom. The first-order valence-electron chi connectivity index (χ1n) is 8.79. The molecule has 3 rings (SSSR count). The standard InChI is InChI=1S/C19H22BrN5O3/c1-28-17-5-3-2-4-14(17)21-11-18(26)24-25-19(27)16-10-15(22-23-16)12-6-8-13(20)9-7-12/h2-9,15-16,21-23H,10-11H2,1H3,(H,24,26)(H,25,27). The fourth-order valence-corrected chi connectivity index (χ4v) is 3.13. The van der Waals surface area contributed by atoms with E-state index < -0.39 is 6.04 Å². The average molecular weight is 448 g/mol. The zero-order valence-corrected chi connectivity index (χ0v) is 16.9. The molecule has 0 aliphatic carbocycles. The minimum Gasteiger partial charge on any atom is -0.495 e. The van der Waals surface area contributed by atoms with Crippen LogP contribution in [0.25, 0.3) is 0 Å². The van der Waals surface area contributed by atoms with Gasteiger partial charge in [0, 0.05) is 10.5 Å². The van der Waals surface area contributed by atoms with E-state index >= 15 is 0 Å². The predicted molar refractivity (Wildman–Crippen MR) is 109 cm³/mol. The number of nitrogens with one attached hydrogen (secondary N) is 5. The van der Waals surface area contributed by atoms with E-state index in [1.165, 1.54) is 0 Å². The SMILES string of the molecule is COc1ccccc1NCC(=O)NNC(=O)C1CC(c2ccc(Br)cc2)NN1. The Bertz CT molecular complexity index is 831. The van der Waals surface area contributed by atoms with Crippen molar-refractivity contribution in [2.45, 2.75) is 18.5 Å². The summed E-state index contributed by atoms with van der Waals surface area (Å²) in [5.41, 5.74) is 12.7. The Balaban J connectivity index is 1.42. The quantitative estimate of drug-likeness (QED) is 0.431. The molecule has 9 heteroatoms. The number of amides is 2. The zero-order chi connectivity index (χ0) is 19.9. The maximum Gasteiger partial charge on any atom is 0.257 e. The van der Waals surface area contributed by atoms with Crippen molar-refractivity contribution in [3.63, 3.8) is 0 Å². The first-order chi connectivity index (χ1) is 13.6. The van der Waals surface area contributed by atoms with Crippen molar-refractivity contribution in [3.05, 3.63) is 58.6 Å². The minimum absolute atomic E-state index is 0.00147. The monoisotopic (exact) mass is 447 g/mol. The van der Waals surface area contributed by atoms with Gasteiger partial charge in [0.25, 0.3) is 11.8 Å². The number of benzene rings is 2. The fraction of sp³-hybridized carbons (Fsp3) is 0.263. The van der Waals surface area contributed by atoms with Gasteiger partial charge in [-0.2, -0.15) is 0 Å². The summed E-state index contributed by atoms with van der Waals surface area (Å²) in [6.07, 6.45) is 0.572. The summed E-state index contributed by atoms with van der Waals surface area (Å²) < 4.78 is 6.22. The van der Waals surface area contributed by atoms with E-state index in [0.717, 1.165) is 10.0 Å². The van der Waals surface area contributed by atoms with Crippen LogP contribution in [0.4, 0.5) is 5.69 Å². The molecule has 0 spiro atoms. The molecular weight excluding hydrogens is 426 g/mol. The number of hydrogen-bond acceptors (Lipinski definition) is 6. The molecule has 1 heterocycles. The van der Waals surface area contributed by atoms with Crippen molar-refractivity contribution in [1.82, 2.24) is 21.7 Å². The van der Waals surface area contributed by atoms with Crippen molar-refractivity contribution in [2.75, 3.05) is 19.0 Å². The van der Waals surface area contributed by atoms with Crippen LogP contribution in [0.5, 0.6) is 5.75 Å². The largest absolute Gasteiger partial charge is 0.495 e. The minimum atomic E-state index is -0.448. The van der Waals surface area contributed by atoms with Gasteiger partial charge < -0.3 is 10.1 Å². The van der Waals surface area contributed by atoms with Gasteiger partial charge in [-0.25, -0.2) is 10.9 Å².